The largest absolute Gasteiger partial charge is 0.480 e. The van der Waals surface area contributed by atoms with E-state index in [2.05, 4.69) is 11.1 Å². The van der Waals surface area contributed by atoms with Gasteiger partial charge in [-0.2, -0.15) is 5.26 Å². The molecule has 0 saturated heterocycles. The highest BCUT2D eigenvalue weighted by molar-refractivity contribution is 5.91. The SMILES string of the molecule is COc1ncccc1C(=O)OCC1(C#N)CCCCC1. The molecule has 0 bridgehead atoms. The van der Waals surface area contributed by atoms with Crippen LogP contribution in [0.2, 0.25) is 0 Å². The van der Waals surface area contributed by atoms with Crippen molar-refractivity contribution in [2.45, 2.75) is 32.1 Å². The highest BCUT2D eigenvalue weighted by atomic mass is 16.5. The first-order valence-electron chi connectivity index (χ1n) is 6.78. The van der Waals surface area contributed by atoms with Gasteiger partial charge in [0.2, 0.25) is 5.88 Å². The van der Waals surface area contributed by atoms with Crippen LogP contribution in [0.15, 0.2) is 18.3 Å². The molecule has 1 aromatic rings. The second kappa shape index (κ2) is 6.38. The summed E-state index contributed by atoms with van der Waals surface area (Å²) in [5, 5.41) is 9.35. The van der Waals surface area contributed by atoms with Gasteiger partial charge in [0, 0.05) is 6.20 Å². The van der Waals surface area contributed by atoms with Gasteiger partial charge in [0.25, 0.3) is 0 Å². The zero-order chi connectivity index (χ0) is 14.4. The number of hydrogen-bond donors (Lipinski definition) is 0. The Bertz CT molecular complexity index is 516. The van der Waals surface area contributed by atoms with Gasteiger partial charge in [0.05, 0.1) is 18.6 Å². The standard InChI is InChI=1S/C15H18N2O3/c1-19-13-12(6-5-9-17-13)14(18)20-11-15(10-16)7-3-2-4-8-15/h5-6,9H,2-4,7-8,11H2,1H3. The third kappa shape index (κ3) is 3.08. The van der Waals surface area contributed by atoms with E-state index in [1.165, 1.54) is 7.11 Å². The van der Waals surface area contributed by atoms with Crippen LogP contribution in [0.25, 0.3) is 0 Å². The van der Waals surface area contributed by atoms with Crippen LogP contribution < -0.4 is 4.74 Å². The Morgan fingerprint density at radius 2 is 2.20 bits per heavy atom. The maximum atomic E-state index is 12.1. The molecule has 1 fully saturated rings. The number of ether oxygens (including phenoxy) is 2. The van der Waals surface area contributed by atoms with E-state index in [-0.39, 0.29) is 12.5 Å². The number of carbonyl (C=O) groups is 1. The normalized spacial score (nSPS) is 17.0. The van der Waals surface area contributed by atoms with Gasteiger partial charge < -0.3 is 9.47 Å². The number of hydrogen-bond acceptors (Lipinski definition) is 5. The maximum Gasteiger partial charge on any atom is 0.343 e. The Kier molecular flexibility index (Phi) is 4.57. The first-order valence-corrected chi connectivity index (χ1v) is 6.78. The van der Waals surface area contributed by atoms with E-state index < -0.39 is 11.4 Å². The third-order valence-corrected chi connectivity index (χ3v) is 3.71. The van der Waals surface area contributed by atoms with E-state index in [1.807, 2.05) is 0 Å². The highest BCUT2D eigenvalue weighted by Crippen LogP contribution is 2.36. The number of nitriles is 1. The topological polar surface area (TPSA) is 72.2 Å². The van der Waals surface area contributed by atoms with Crippen molar-refractivity contribution in [1.29, 1.82) is 5.26 Å². The summed E-state index contributed by atoms with van der Waals surface area (Å²) >= 11 is 0. The van der Waals surface area contributed by atoms with E-state index >= 15 is 0 Å². The summed E-state index contributed by atoms with van der Waals surface area (Å²) in [7, 11) is 1.46. The van der Waals surface area contributed by atoms with Crippen molar-refractivity contribution in [3.8, 4) is 11.9 Å². The van der Waals surface area contributed by atoms with Gasteiger partial charge in [-0.3, -0.25) is 0 Å². The first kappa shape index (κ1) is 14.3. The predicted molar refractivity (Wildman–Crippen MR) is 72.2 cm³/mol. The summed E-state index contributed by atoms with van der Waals surface area (Å²) in [6.07, 6.45) is 6.31. The van der Waals surface area contributed by atoms with Gasteiger partial charge in [-0.25, -0.2) is 9.78 Å². The minimum absolute atomic E-state index is 0.139. The molecule has 0 aliphatic heterocycles. The number of methoxy groups -OCH3 is 1. The van der Waals surface area contributed by atoms with Crippen molar-refractivity contribution < 1.29 is 14.3 Å². The van der Waals surface area contributed by atoms with Gasteiger partial charge >= 0.3 is 5.97 Å². The van der Waals surface area contributed by atoms with Crippen molar-refractivity contribution in [2.75, 3.05) is 13.7 Å². The summed E-state index contributed by atoms with van der Waals surface area (Å²) in [4.78, 5) is 16.0. The molecule has 1 aliphatic rings. The highest BCUT2D eigenvalue weighted by Gasteiger charge is 2.34. The molecule has 0 N–H and O–H groups in total. The van der Waals surface area contributed by atoms with Crippen LogP contribution in [0.3, 0.4) is 0 Å². The molecule has 0 amide bonds. The minimum Gasteiger partial charge on any atom is -0.480 e. The van der Waals surface area contributed by atoms with Gasteiger partial charge in [-0.1, -0.05) is 19.3 Å². The summed E-state index contributed by atoms with van der Waals surface area (Å²) in [5.74, 6) is -0.248. The maximum absolute atomic E-state index is 12.1. The Morgan fingerprint density at radius 1 is 1.45 bits per heavy atom. The molecule has 5 nitrogen and oxygen atoms in total. The first-order chi connectivity index (χ1) is 9.71. The van der Waals surface area contributed by atoms with Crippen molar-refractivity contribution in [3.63, 3.8) is 0 Å². The second-order valence-corrected chi connectivity index (χ2v) is 5.09. The number of carbonyl (C=O) groups excluding carboxylic acids is 1. The Labute approximate surface area is 118 Å². The van der Waals surface area contributed by atoms with Crippen molar-refractivity contribution in [2.24, 2.45) is 5.41 Å². The molecule has 0 unspecified atom stereocenters. The van der Waals surface area contributed by atoms with Crippen LogP contribution in [0, 0.1) is 16.7 Å². The Morgan fingerprint density at radius 3 is 2.85 bits per heavy atom. The average molecular weight is 274 g/mol. The molecule has 1 aromatic heterocycles. The molecule has 1 saturated carbocycles. The van der Waals surface area contributed by atoms with E-state index in [0.29, 0.717) is 5.56 Å². The fraction of sp³-hybridized carbons (Fsp3) is 0.533. The number of pyridine rings is 1. The molecule has 5 heteroatoms. The second-order valence-electron chi connectivity index (χ2n) is 5.09. The van der Waals surface area contributed by atoms with Crippen LogP contribution >= 0.6 is 0 Å². The molecule has 1 heterocycles. The van der Waals surface area contributed by atoms with Crippen LogP contribution in [0.1, 0.15) is 42.5 Å². The van der Waals surface area contributed by atoms with Crippen molar-refractivity contribution in [3.05, 3.63) is 23.9 Å². The lowest BCUT2D eigenvalue weighted by Gasteiger charge is -2.29. The zero-order valence-corrected chi connectivity index (χ0v) is 11.6. The molecule has 106 valence electrons. The molecular formula is C15H18N2O3. The molecule has 0 atom stereocenters. The van der Waals surface area contributed by atoms with Gasteiger partial charge in [-0.05, 0) is 25.0 Å². The monoisotopic (exact) mass is 274 g/mol. The molecule has 20 heavy (non-hydrogen) atoms. The summed E-state index contributed by atoms with van der Waals surface area (Å²) in [6, 6.07) is 5.59. The minimum atomic E-state index is -0.524. The molecular weight excluding hydrogens is 256 g/mol. The third-order valence-electron chi connectivity index (χ3n) is 3.71. The van der Waals surface area contributed by atoms with Crippen LogP contribution in [0.5, 0.6) is 5.88 Å². The summed E-state index contributed by atoms with van der Waals surface area (Å²) < 4.78 is 10.4. The van der Waals surface area contributed by atoms with E-state index in [1.54, 1.807) is 18.3 Å². The van der Waals surface area contributed by atoms with E-state index in [0.717, 1.165) is 32.1 Å². The quantitative estimate of drug-likeness (QED) is 0.789. The van der Waals surface area contributed by atoms with Gasteiger partial charge in [0.15, 0.2) is 0 Å². The fourth-order valence-corrected chi connectivity index (χ4v) is 2.51. The van der Waals surface area contributed by atoms with Gasteiger partial charge in [-0.15, -0.1) is 0 Å². The molecule has 0 aromatic carbocycles. The van der Waals surface area contributed by atoms with Crippen LogP contribution in [0.4, 0.5) is 0 Å². The summed E-state index contributed by atoms with van der Waals surface area (Å²) in [5.41, 5.74) is -0.234. The Hall–Kier alpha value is -2.09. The van der Waals surface area contributed by atoms with Gasteiger partial charge in [0.1, 0.15) is 12.2 Å². The summed E-state index contributed by atoms with van der Waals surface area (Å²) in [6.45, 7) is 0.139. The Balaban J connectivity index is 2.03. The molecule has 0 spiro atoms. The number of rotatable bonds is 4. The lowest BCUT2D eigenvalue weighted by Crippen LogP contribution is -2.29. The molecule has 2 rings (SSSR count). The lowest BCUT2D eigenvalue weighted by atomic mass is 9.76. The van der Waals surface area contributed by atoms with E-state index in [9.17, 15) is 10.1 Å². The van der Waals surface area contributed by atoms with Crippen molar-refractivity contribution in [1.82, 2.24) is 4.98 Å². The fourth-order valence-electron chi connectivity index (χ4n) is 2.51. The zero-order valence-electron chi connectivity index (χ0n) is 11.6. The molecule has 1 aliphatic carbocycles. The predicted octanol–water partition coefficient (Wildman–Crippen LogP) is 2.72. The average Bonchev–Trinajstić information content (AvgIpc) is 2.53. The smallest absolute Gasteiger partial charge is 0.343 e. The molecule has 0 radical (unpaired) electrons. The number of nitrogens with zero attached hydrogens (tertiary/aromatic N) is 2. The van der Waals surface area contributed by atoms with Crippen LogP contribution in [-0.4, -0.2) is 24.7 Å². The lowest BCUT2D eigenvalue weighted by molar-refractivity contribution is 0.0308. The number of esters is 1. The number of aromatic nitrogens is 1. The van der Waals surface area contributed by atoms with Crippen molar-refractivity contribution >= 4 is 5.97 Å². The van der Waals surface area contributed by atoms with E-state index in [4.69, 9.17) is 9.47 Å². The van der Waals surface area contributed by atoms with Crippen LogP contribution in [-0.2, 0) is 4.74 Å².